The van der Waals surface area contributed by atoms with Crippen molar-refractivity contribution in [1.29, 1.82) is 0 Å². The maximum absolute atomic E-state index is 13.1. The van der Waals surface area contributed by atoms with Crippen molar-refractivity contribution < 1.29 is 4.39 Å². The molecule has 3 heteroatoms. The Bertz CT molecular complexity index is 551. The zero-order chi connectivity index (χ0) is 14.8. The number of hydrogen-bond donors (Lipinski definition) is 1. The number of halogens is 1. The lowest BCUT2D eigenvalue weighted by atomic mass is 9.82. The van der Waals surface area contributed by atoms with Crippen molar-refractivity contribution in [3.05, 3.63) is 57.5 Å². The monoisotopic (exact) mass is 291 g/mol. The summed E-state index contributed by atoms with van der Waals surface area (Å²) in [6.45, 7) is 9.60. The van der Waals surface area contributed by atoms with E-state index in [9.17, 15) is 4.39 Å². The van der Waals surface area contributed by atoms with Gasteiger partial charge < -0.3 is 5.32 Å². The molecule has 2 rings (SSSR count). The molecule has 1 N–H and O–H groups in total. The van der Waals surface area contributed by atoms with Crippen LogP contribution in [0.1, 0.15) is 42.8 Å². The van der Waals surface area contributed by atoms with Gasteiger partial charge in [0, 0.05) is 17.5 Å². The van der Waals surface area contributed by atoms with Gasteiger partial charge in [-0.15, -0.1) is 11.3 Å². The fourth-order valence-electron chi connectivity index (χ4n) is 2.36. The molecule has 0 aliphatic heterocycles. The number of rotatable bonds is 4. The number of aryl methyl sites for hydroxylation is 1. The summed E-state index contributed by atoms with van der Waals surface area (Å²) in [6, 6.07) is 9.16. The Kier molecular flexibility index (Phi) is 4.61. The van der Waals surface area contributed by atoms with Crippen LogP contribution in [0.4, 0.5) is 4.39 Å². The molecule has 1 aromatic heterocycles. The van der Waals surface area contributed by atoms with Gasteiger partial charge in [0.2, 0.25) is 0 Å². The summed E-state index contributed by atoms with van der Waals surface area (Å²) in [7, 11) is 0. The summed E-state index contributed by atoms with van der Waals surface area (Å²) < 4.78 is 13.1. The minimum Gasteiger partial charge on any atom is -0.305 e. The van der Waals surface area contributed by atoms with Crippen LogP contribution in [-0.4, -0.2) is 0 Å². The molecule has 0 bridgehead atoms. The first-order chi connectivity index (χ1) is 9.38. The summed E-state index contributed by atoms with van der Waals surface area (Å²) in [6.07, 6.45) is 0. The summed E-state index contributed by atoms with van der Waals surface area (Å²) in [5.74, 6) is -0.185. The van der Waals surface area contributed by atoms with Crippen molar-refractivity contribution in [2.45, 2.75) is 40.3 Å². The smallest absolute Gasteiger partial charge is 0.123 e. The van der Waals surface area contributed by atoms with E-state index in [0.29, 0.717) is 0 Å². The van der Waals surface area contributed by atoms with Gasteiger partial charge in [-0.05, 0) is 47.0 Å². The van der Waals surface area contributed by atoms with E-state index in [1.54, 1.807) is 11.3 Å². The van der Waals surface area contributed by atoms with Crippen molar-refractivity contribution in [2.75, 3.05) is 0 Å². The molecule has 0 radical (unpaired) electrons. The van der Waals surface area contributed by atoms with Gasteiger partial charge in [-0.1, -0.05) is 32.9 Å². The molecule has 0 fully saturated rings. The lowest BCUT2D eigenvalue weighted by Gasteiger charge is -2.32. The van der Waals surface area contributed by atoms with Gasteiger partial charge in [-0.25, -0.2) is 4.39 Å². The highest BCUT2D eigenvalue weighted by atomic mass is 32.1. The Hall–Kier alpha value is -1.19. The van der Waals surface area contributed by atoms with Crippen molar-refractivity contribution in [1.82, 2.24) is 5.32 Å². The Morgan fingerprint density at radius 2 is 1.80 bits per heavy atom. The van der Waals surface area contributed by atoms with Crippen LogP contribution in [0, 0.1) is 18.2 Å². The van der Waals surface area contributed by atoms with E-state index in [0.717, 1.165) is 12.1 Å². The second kappa shape index (κ2) is 6.06. The average Bonchev–Trinajstić information content (AvgIpc) is 2.76. The molecular formula is C17H22FNS. The van der Waals surface area contributed by atoms with Gasteiger partial charge in [-0.3, -0.25) is 0 Å². The maximum atomic E-state index is 13.1. The SMILES string of the molecule is Cc1ccsc1CNC(c1ccc(F)cc1)C(C)(C)C. The predicted octanol–water partition coefficient (Wildman–Crippen LogP) is 5.07. The van der Waals surface area contributed by atoms with E-state index >= 15 is 0 Å². The highest BCUT2D eigenvalue weighted by Crippen LogP contribution is 2.33. The van der Waals surface area contributed by atoms with Crippen LogP contribution in [0.5, 0.6) is 0 Å². The quantitative estimate of drug-likeness (QED) is 0.829. The third-order valence-corrected chi connectivity index (χ3v) is 4.53. The van der Waals surface area contributed by atoms with E-state index in [4.69, 9.17) is 0 Å². The normalized spacial score (nSPS) is 13.4. The standard InChI is InChI=1S/C17H22FNS/c1-12-9-10-20-15(12)11-19-16(17(2,3)4)13-5-7-14(18)8-6-13/h5-10,16,19H,11H2,1-4H3. The average molecular weight is 291 g/mol. The van der Waals surface area contributed by atoms with Gasteiger partial charge >= 0.3 is 0 Å². The van der Waals surface area contributed by atoms with E-state index in [-0.39, 0.29) is 17.3 Å². The largest absolute Gasteiger partial charge is 0.305 e. The summed E-state index contributed by atoms with van der Waals surface area (Å²) in [5.41, 5.74) is 2.53. The van der Waals surface area contributed by atoms with Crippen molar-refractivity contribution in [3.63, 3.8) is 0 Å². The molecule has 1 atom stereocenters. The van der Waals surface area contributed by atoms with Crippen molar-refractivity contribution in [3.8, 4) is 0 Å². The third-order valence-electron chi connectivity index (χ3n) is 3.50. The lowest BCUT2D eigenvalue weighted by molar-refractivity contribution is 0.271. The fraction of sp³-hybridized carbons (Fsp3) is 0.412. The van der Waals surface area contributed by atoms with Crippen LogP contribution in [0.3, 0.4) is 0 Å². The molecule has 20 heavy (non-hydrogen) atoms. The highest BCUT2D eigenvalue weighted by Gasteiger charge is 2.26. The molecule has 0 aliphatic carbocycles. The predicted molar refractivity (Wildman–Crippen MR) is 84.5 cm³/mol. The van der Waals surface area contributed by atoms with Gasteiger partial charge in [0.05, 0.1) is 0 Å². The van der Waals surface area contributed by atoms with Crippen molar-refractivity contribution in [2.24, 2.45) is 5.41 Å². The zero-order valence-electron chi connectivity index (χ0n) is 12.5. The van der Waals surface area contributed by atoms with Gasteiger partial charge in [0.15, 0.2) is 0 Å². The first kappa shape index (κ1) is 15.2. The fourth-order valence-corrected chi connectivity index (χ4v) is 3.22. The number of nitrogens with one attached hydrogen (secondary N) is 1. The molecule has 0 saturated heterocycles. The second-order valence-corrected chi connectivity index (χ2v) is 7.26. The maximum Gasteiger partial charge on any atom is 0.123 e. The minimum absolute atomic E-state index is 0.0724. The summed E-state index contributed by atoms with van der Waals surface area (Å²) in [4.78, 5) is 1.36. The summed E-state index contributed by atoms with van der Waals surface area (Å²) in [5, 5.41) is 5.75. The lowest BCUT2D eigenvalue weighted by Crippen LogP contribution is -2.32. The molecule has 0 aliphatic rings. The highest BCUT2D eigenvalue weighted by molar-refractivity contribution is 7.10. The van der Waals surface area contributed by atoms with Gasteiger partial charge in [0.25, 0.3) is 0 Å². The number of hydrogen-bond acceptors (Lipinski definition) is 2. The van der Waals surface area contributed by atoms with Gasteiger partial charge in [-0.2, -0.15) is 0 Å². The Labute approximate surface area is 124 Å². The van der Waals surface area contributed by atoms with Crippen LogP contribution in [0.25, 0.3) is 0 Å². The molecule has 0 amide bonds. The van der Waals surface area contributed by atoms with Crippen LogP contribution < -0.4 is 5.32 Å². The first-order valence-corrected chi connectivity index (χ1v) is 7.77. The van der Waals surface area contributed by atoms with Gasteiger partial charge in [0.1, 0.15) is 5.82 Å². The molecule has 2 aromatic rings. The van der Waals surface area contributed by atoms with E-state index in [2.05, 4.69) is 44.5 Å². The molecule has 1 aromatic carbocycles. The Balaban J connectivity index is 2.16. The number of thiophene rings is 1. The molecule has 0 saturated carbocycles. The van der Waals surface area contributed by atoms with E-state index in [1.165, 1.54) is 22.6 Å². The first-order valence-electron chi connectivity index (χ1n) is 6.90. The van der Waals surface area contributed by atoms with E-state index in [1.807, 2.05) is 12.1 Å². The molecule has 1 nitrogen and oxygen atoms in total. The van der Waals surface area contributed by atoms with Crippen LogP contribution in [0.2, 0.25) is 0 Å². The third kappa shape index (κ3) is 3.68. The Morgan fingerprint density at radius 1 is 1.15 bits per heavy atom. The zero-order valence-corrected chi connectivity index (χ0v) is 13.4. The molecule has 108 valence electrons. The van der Waals surface area contributed by atoms with E-state index < -0.39 is 0 Å². The molecular weight excluding hydrogens is 269 g/mol. The van der Waals surface area contributed by atoms with Crippen LogP contribution >= 0.6 is 11.3 Å². The summed E-state index contributed by atoms with van der Waals surface area (Å²) >= 11 is 1.78. The van der Waals surface area contributed by atoms with Crippen LogP contribution in [0.15, 0.2) is 35.7 Å². The van der Waals surface area contributed by atoms with Crippen LogP contribution in [-0.2, 0) is 6.54 Å². The minimum atomic E-state index is -0.185. The van der Waals surface area contributed by atoms with Crippen molar-refractivity contribution >= 4 is 11.3 Å². The second-order valence-electron chi connectivity index (χ2n) is 6.26. The molecule has 1 heterocycles. The number of benzene rings is 1. The molecule has 1 unspecified atom stereocenters. The topological polar surface area (TPSA) is 12.0 Å². The molecule has 0 spiro atoms. The Morgan fingerprint density at radius 3 is 2.30 bits per heavy atom.